The predicted molar refractivity (Wildman–Crippen MR) is 77.9 cm³/mol. The van der Waals surface area contributed by atoms with Crippen molar-refractivity contribution < 1.29 is 14.3 Å². The average Bonchev–Trinajstić information content (AvgIpc) is 2.72. The van der Waals surface area contributed by atoms with Gasteiger partial charge in [-0.25, -0.2) is 9.37 Å². The van der Waals surface area contributed by atoms with E-state index in [4.69, 9.17) is 16.7 Å². The molecule has 1 N–H and O–H groups in total. The molecule has 0 aliphatic carbocycles. The molecule has 4 nitrogen and oxygen atoms in total. The van der Waals surface area contributed by atoms with Crippen molar-refractivity contribution in [3.05, 3.63) is 35.6 Å². The zero-order chi connectivity index (χ0) is 14.7. The first-order valence-corrected chi connectivity index (χ1v) is 7.20. The molecule has 0 bridgehead atoms. The van der Waals surface area contributed by atoms with E-state index in [0.717, 1.165) is 11.8 Å². The van der Waals surface area contributed by atoms with Gasteiger partial charge in [0.15, 0.2) is 5.16 Å². The number of thioether (sulfide) groups is 1. The highest BCUT2D eigenvalue weighted by atomic mass is 35.5. The van der Waals surface area contributed by atoms with Crippen molar-refractivity contribution in [3.8, 4) is 0 Å². The van der Waals surface area contributed by atoms with Gasteiger partial charge in [0.1, 0.15) is 5.82 Å². The minimum Gasteiger partial charge on any atom is -0.481 e. The molecule has 2 aromatic rings. The maximum Gasteiger partial charge on any atom is 0.313 e. The Kier molecular flexibility index (Phi) is 4.67. The van der Waals surface area contributed by atoms with Crippen LogP contribution in [0.15, 0.2) is 29.9 Å². The molecule has 0 unspecified atom stereocenters. The number of nitrogens with zero attached hydrogens (tertiary/aromatic N) is 2. The molecule has 1 aromatic carbocycles. The molecule has 1 heterocycles. The summed E-state index contributed by atoms with van der Waals surface area (Å²) in [5, 5.41) is 9.30. The number of aromatic nitrogens is 2. The quantitative estimate of drug-likeness (QED) is 0.654. The molecule has 1 aromatic heterocycles. The number of carboxylic acid groups (broad SMARTS) is 1. The van der Waals surface area contributed by atoms with Gasteiger partial charge in [0.2, 0.25) is 0 Å². The van der Waals surface area contributed by atoms with E-state index in [1.807, 2.05) is 4.57 Å². The van der Waals surface area contributed by atoms with Crippen LogP contribution in [0.3, 0.4) is 0 Å². The number of allylic oxidation sites excluding steroid dienone is 1. The van der Waals surface area contributed by atoms with Crippen LogP contribution in [0.4, 0.5) is 4.39 Å². The fourth-order valence-electron chi connectivity index (χ4n) is 1.77. The summed E-state index contributed by atoms with van der Waals surface area (Å²) >= 11 is 6.89. The summed E-state index contributed by atoms with van der Waals surface area (Å²) in [4.78, 5) is 14.9. The third-order valence-electron chi connectivity index (χ3n) is 2.64. The molecule has 0 radical (unpaired) electrons. The fraction of sp³-hybridized carbons (Fsp3) is 0.231. The Morgan fingerprint density at radius 3 is 3.00 bits per heavy atom. The number of aryl methyl sites for hydroxylation is 1. The standard InChI is InChI=1S/C13H12ClFN2O2S/c1-2-3-4-17-11-5-8(14)9(15)6-10(11)16-13(17)20-7-12(18)19/h2,5-6H,1,3-4,7H2,(H,18,19). The first kappa shape index (κ1) is 14.9. The van der Waals surface area contributed by atoms with E-state index in [2.05, 4.69) is 11.6 Å². The summed E-state index contributed by atoms with van der Waals surface area (Å²) in [6, 6.07) is 2.76. The minimum absolute atomic E-state index is 0.0204. The number of rotatable bonds is 6. The van der Waals surface area contributed by atoms with Crippen molar-refractivity contribution in [2.45, 2.75) is 18.1 Å². The van der Waals surface area contributed by atoms with Crippen molar-refractivity contribution in [2.24, 2.45) is 0 Å². The van der Waals surface area contributed by atoms with Crippen molar-refractivity contribution in [3.63, 3.8) is 0 Å². The lowest BCUT2D eigenvalue weighted by Gasteiger charge is -2.06. The van der Waals surface area contributed by atoms with Crippen LogP contribution in [0, 0.1) is 5.82 Å². The maximum absolute atomic E-state index is 13.5. The van der Waals surface area contributed by atoms with E-state index in [1.165, 1.54) is 12.1 Å². The van der Waals surface area contributed by atoms with Gasteiger partial charge >= 0.3 is 5.97 Å². The van der Waals surface area contributed by atoms with Crippen molar-refractivity contribution in [1.82, 2.24) is 9.55 Å². The second-order valence-corrected chi connectivity index (χ2v) is 5.41. The number of fused-ring (bicyclic) bond motifs is 1. The molecule has 0 spiro atoms. The maximum atomic E-state index is 13.5. The Balaban J connectivity index is 2.48. The summed E-state index contributed by atoms with van der Waals surface area (Å²) in [6.45, 7) is 4.24. The molecule has 2 rings (SSSR count). The van der Waals surface area contributed by atoms with Crippen LogP contribution in [0.5, 0.6) is 0 Å². The highest BCUT2D eigenvalue weighted by Gasteiger charge is 2.14. The molecular formula is C13H12ClFN2O2S. The van der Waals surface area contributed by atoms with E-state index < -0.39 is 11.8 Å². The largest absolute Gasteiger partial charge is 0.481 e. The molecule has 0 aliphatic rings. The van der Waals surface area contributed by atoms with E-state index in [1.54, 1.807) is 6.08 Å². The highest BCUT2D eigenvalue weighted by molar-refractivity contribution is 7.99. The van der Waals surface area contributed by atoms with E-state index in [9.17, 15) is 9.18 Å². The van der Waals surface area contributed by atoms with Gasteiger partial charge in [0.25, 0.3) is 0 Å². The van der Waals surface area contributed by atoms with Crippen LogP contribution < -0.4 is 0 Å². The lowest BCUT2D eigenvalue weighted by atomic mass is 10.3. The SMILES string of the molecule is C=CCCn1c(SCC(=O)O)nc2cc(F)c(Cl)cc21. The number of benzene rings is 1. The Labute approximate surface area is 124 Å². The third-order valence-corrected chi connectivity index (χ3v) is 3.89. The number of aliphatic carboxylic acids is 1. The van der Waals surface area contributed by atoms with E-state index in [0.29, 0.717) is 29.2 Å². The van der Waals surface area contributed by atoms with Crippen LogP contribution in [0.25, 0.3) is 11.0 Å². The van der Waals surface area contributed by atoms with Gasteiger partial charge in [-0.05, 0) is 12.5 Å². The molecule has 0 saturated carbocycles. The molecule has 106 valence electrons. The molecule has 20 heavy (non-hydrogen) atoms. The second kappa shape index (κ2) is 6.28. The topological polar surface area (TPSA) is 55.1 Å². The Hall–Kier alpha value is -1.53. The lowest BCUT2D eigenvalue weighted by molar-refractivity contribution is -0.133. The number of carboxylic acids is 1. The molecule has 0 aliphatic heterocycles. The lowest BCUT2D eigenvalue weighted by Crippen LogP contribution is -2.03. The van der Waals surface area contributed by atoms with Crippen LogP contribution in [0.1, 0.15) is 6.42 Å². The Bertz CT molecular complexity index is 672. The second-order valence-electron chi connectivity index (χ2n) is 4.06. The first-order valence-electron chi connectivity index (χ1n) is 5.83. The van der Waals surface area contributed by atoms with Crippen LogP contribution in [0.2, 0.25) is 5.02 Å². The van der Waals surface area contributed by atoms with Gasteiger partial charge in [-0.1, -0.05) is 29.4 Å². The molecule has 0 amide bonds. The predicted octanol–water partition coefficient (Wildman–Crippen LogP) is 3.58. The zero-order valence-corrected chi connectivity index (χ0v) is 12.0. The van der Waals surface area contributed by atoms with E-state index in [-0.39, 0.29) is 10.8 Å². The summed E-state index contributed by atoms with van der Waals surface area (Å²) in [6.07, 6.45) is 2.45. The normalized spacial score (nSPS) is 10.9. The van der Waals surface area contributed by atoms with Crippen LogP contribution in [-0.2, 0) is 11.3 Å². The number of halogens is 2. The van der Waals surface area contributed by atoms with Gasteiger partial charge < -0.3 is 9.67 Å². The van der Waals surface area contributed by atoms with Crippen molar-refractivity contribution >= 4 is 40.4 Å². The Morgan fingerprint density at radius 1 is 1.60 bits per heavy atom. The Morgan fingerprint density at radius 2 is 2.35 bits per heavy atom. The number of imidazole rings is 1. The van der Waals surface area contributed by atoms with Gasteiger partial charge in [-0.2, -0.15) is 0 Å². The van der Waals surface area contributed by atoms with Crippen LogP contribution in [-0.4, -0.2) is 26.4 Å². The third kappa shape index (κ3) is 3.13. The first-order chi connectivity index (χ1) is 9.52. The monoisotopic (exact) mass is 314 g/mol. The molecule has 0 saturated heterocycles. The summed E-state index contributed by atoms with van der Waals surface area (Å²) < 4.78 is 15.3. The zero-order valence-electron chi connectivity index (χ0n) is 10.5. The van der Waals surface area contributed by atoms with Gasteiger partial charge in [0, 0.05) is 12.6 Å². The van der Waals surface area contributed by atoms with Gasteiger partial charge in [-0.3, -0.25) is 4.79 Å². The summed E-state index contributed by atoms with van der Waals surface area (Å²) in [5.41, 5.74) is 1.15. The summed E-state index contributed by atoms with van der Waals surface area (Å²) in [7, 11) is 0. The van der Waals surface area contributed by atoms with Gasteiger partial charge in [-0.15, -0.1) is 6.58 Å². The number of hydrogen-bond acceptors (Lipinski definition) is 3. The molecular weight excluding hydrogens is 303 g/mol. The number of hydrogen-bond donors (Lipinski definition) is 1. The van der Waals surface area contributed by atoms with Crippen LogP contribution >= 0.6 is 23.4 Å². The van der Waals surface area contributed by atoms with Crippen molar-refractivity contribution in [1.29, 1.82) is 0 Å². The molecule has 0 atom stereocenters. The fourth-order valence-corrected chi connectivity index (χ4v) is 2.69. The van der Waals surface area contributed by atoms with E-state index >= 15 is 0 Å². The number of carbonyl (C=O) groups is 1. The minimum atomic E-state index is -0.929. The van der Waals surface area contributed by atoms with Gasteiger partial charge in [0.05, 0.1) is 21.8 Å². The average molecular weight is 315 g/mol. The molecule has 0 fully saturated rings. The summed E-state index contributed by atoms with van der Waals surface area (Å²) in [5.74, 6) is -1.57. The highest BCUT2D eigenvalue weighted by Crippen LogP contribution is 2.28. The smallest absolute Gasteiger partial charge is 0.313 e. The van der Waals surface area contributed by atoms with Crippen molar-refractivity contribution in [2.75, 3.05) is 5.75 Å². The molecule has 7 heteroatoms.